The van der Waals surface area contributed by atoms with Crippen molar-refractivity contribution in [2.24, 2.45) is 0 Å². The van der Waals surface area contributed by atoms with Crippen LogP contribution in [0.4, 0.5) is 26.3 Å². The van der Waals surface area contributed by atoms with E-state index < -0.39 is 41.0 Å². The van der Waals surface area contributed by atoms with Gasteiger partial charge < -0.3 is 10.2 Å². The zero-order chi connectivity index (χ0) is 28.6. The molecule has 0 aliphatic rings. The van der Waals surface area contributed by atoms with Crippen molar-refractivity contribution in [3.63, 3.8) is 0 Å². The molecular formula is C24H24F6N6O2. The molecule has 0 aliphatic carbocycles. The highest BCUT2D eigenvalue weighted by Crippen LogP contribution is 2.36. The number of benzene rings is 1. The quantitative estimate of drug-likeness (QED) is 0.444. The van der Waals surface area contributed by atoms with Gasteiger partial charge in [-0.3, -0.25) is 9.59 Å². The normalized spacial score (nSPS) is 12.9. The first-order chi connectivity index (χ1) is 17.5. The number of halogens is 6. The van der Waals surface area contributed by atoms with E-state index in [2.05, 4.69) is 20.4 Å². The minimum Gasteiger partial charge on any atom is -0.342 e. The first-order valence-corrected chi connectivity index (χ1v) is 11.3. The number of nitrogens with one attached hydrogen (secondary N) is 1. The summed E-state index contributed by atoms with van der Waals surface area (Å²) >= 11 is 0. The first kappa shape index (κ1) is 28.6. The lowest BCUT2D eigenvalue weighted by Gasteiger charge is -2.21. The maximum absolute atomic E-state index is 13.2. The monoisotopic (exact) mass is 542 g/mol. The summed E-state index contributed by atoms with van der Waals surface area (Å²) in [5.74, 6) is -0.824. The number of nitrogens with zero attached hydrogens (tertiary/aromatic N) is 5. The van der Waals surface area contributed by atoms with Gasteiger partial charge in [-0.15, -0.1) is 5.10 Å². The molecule has 0 aliphatic heterocycles. The van der Waals surface area contributed by atoms with E-state index in [0.717, 1.165) is 0 Å². The number of aromatic nitrogens is 4. The van der Waals surface area contributed by atoms with E-state index in [1.54, 1.807) is 14.0 Å². The number of hydrogen-bond donors (Lipinski definition) is 1. The van der Waals surface area contributed by atoms with Gasteiger partial charge in [-0.25, -0.2) is 9.97 Å². The van der Waals surface area contributed by atoms with Gasteiger partial charge in [-0.1, -0.05) is 0 Å². The number of carbonyl (C=O) groups excluding carboxylic acids is 2. The number of hydrogen-bond acceptors (Lipinski definition) is 5. The molecule has 0 saturated carbocycles. The summed E-state index contributed by atoms with van der Waals surface area (Å²) in [7, 11) is 1.65. The minimum atomic E-state index is -5.09. The molecule has 1 N–H and O–H groups in total. The van der Waals surface area contributed by atoms with Crippen LogP contribution < -0.4 is 5.32 Å². The van der Waals surface area contributed by atoms with Crippen LogP contribution in [0.3, 0.4) is 0 Å². The Labute approximate surface area is 213 Å². The van der Waals surface area contributed by atoms with Crippen molar-refractivity contribution < 1.29 is 35.9 Å². The highest BCUT2D eigenvalue weighted by molar-refractivity contribution is 5.95. The van der Waals surface area contributed by atoms with E-state index in [0.29, 0.717) is 17.7 Å². The lowest BCUT2D eigenvalue weighted by molar-refractivity contribution is -0.143. The van der Waals surface area contributed by atoms with Gasteiger partial charge in [-0.2, -0.15) is 31.0 Å². The second-order valence-corrected chi connectivity index (χ2v) is 8.83. The third-order valence-corrected chi connectivity index (χ3v) is 5.63. The van der Waals surface area contributed by atoms with E-state index in [1.807, 2.05) is 13.8 Å². The molecule has 1 aromatic carbocycles. The molecule has 3 aromatic rings. The number of pyridine rings is 1. The largest absolute Gasteiger partial charge is 0.416 e. The van der Waals surface area contributed by atoms with Gasteiger partial charge in [0, 0.05) is 24.8 Å². The number of rotatable bonds is 6. The number of carbonyl (C=O) groups is 2. The standard InChI is InChI=1S/C24H24F6N6O2/c1-12(2)35(5)22(38)15-6-7-19(31-11-15)36-20(33-14(4)34-36)13(3)32-21(37)16-8-17(23(25,26)27)10-18(9-16)24(28,29)30/h6-13H,1-5H3,(H,32,37)/t13-/m0/s1. The summed E-state index contributed by atoms with van der Waals surface area (Å²) < 4.78 is 80.3. The summed E-state index contributed by atoms with van der Waals surface area (Å²) in [5.41, 5.74) is -3.72. The maximum Gasteiger partial charge on any atom is 0.416 e. The van der Waals surface area contributed by atoms with E-state index in [-0.39, 0.29) is 35.5 Å². The Morgan fingerprint density at radius 2 is 1.53 bits per heavy atom. The first-order valence-electron chi connectivity index (χ1n) is 11.3. The summed E-state index contributed by atoms with van der Waals surface area (Å²) in [6.45, 7) is 6.68. The van der Waals surface area contributed by atoms with E-state index in [1.165, 1.54) is 34.8 Å². The average Bonchev–Trinajstić information content (AvgIpc) is 3.23. The molecule has 2 heterocycles. The molecule has 14 heteroatoms. The zero-order valence-corrected chi connectivity index (χ0v) is 20.9. The third-order valence-electron chi connectivity index (χ3n) is 5.63. The van der Waals surface area contributed by atoms with Crippen molar-refractivity contribution in [3.05, 3.63) is 70.4 Å². The van der Waals surface area contributed by atoms with Crippen LogP contribution in [0.5, 0.6) is 0 Å². The van der Waals surface area contributed by atoms with Gasteiger partial charge in [0.1, 0.15) is 5.82 Å². The van der Waals surface area contributed by atoms with Crippen LogP contribution in [0.25, 0.3) is 5.82 Å². The van der Waals surface area contributed by atoms with Gasteiger partial charge >= 0.3 is 12.4 Å². The second-order valence-electron chi connectivity index (χ2n) is 8.83. The zero-order valence-electron chi connectivity index (χ0n) is 20.9. The molecule has 0 fully saturated rings. The molecule has 2 aromatic heterocycles. The lowest BCUT2D eigenvalue weighted by Crippen LogP contribution is -2.33. The number of aryl methyl sites for hydroxylation is 1. The van der Waals surface area contributed by atoms with Crippen LogP contribution in [-0.2, 0) is 12.4 Å². The molecule has 0 bridgehead atoms. The van der Waals surface area contributed by atoms with Gasteiger partial charge in [0.2, 0.25) is 0 Å². The van der Waals surface area contributed by atoms with Crippen molar-refractivity contribution in [2.45, 2.75) is 52.1 Å². The van der Waals surface area contributed by atoms with Crippen LogP contribution in [0.15, 0.2) is 36.5 Å². The molecule has 204 valence electrons. The van der Waals surface area contributed by atoms with Gasteiger partial charge in [0.05, 0.1) is 22.7 Å². The smallest absolute Gasteiger partial charge is 0.342 e. The van der Waals surface area contributed by atoms with Gasteiger partial charge in [-0.05, 0) is 58.0 Å². The molecule has 38 heavy (non-hydrogen) atoms. The Kier molecular flexibility index (Phi) is 7.84. The van der Waals surface area contributed by atoms with Crippen molar-refractivity contribution in [3.8, 4) is 5.82 Å². The van der Waals surface area contributed by atoms with Crippen molar-refractivity contribution in [1.29, 1.82) is 0 Å². The summed E-state index contributed by atoms with van der Waals surface area (Å²) in [5, 5.41) is 6.58. The Morgan fingerprint density at radius 1 is 0.947 bits per heavy atom. The molecule has 0 saturated heterocycles. The molecule has 0 unspecified atom stereocenters. The Morgan fingerprint density at radius 3 is 2.00 bits per heavy atom. The fraction of sp³-hybridized carbons (Fsp3) is 0.375. The van der Waals surface area contributed by atoms with E-state index in [9.17, 15) is 35.9 Å². The van der Waals surface area contributed by atoms with E-state index in [4.69, 9.17) is 0 Å². The highest BCUT2D eigenvalue weighted by atomic mass is 19.4. The molecule has 8 nitrogen and oxygen atoms in total. The summed E-state index contributed by atoms with van der Waals surface area (Å²) in [6, 6.07) is 2.62. The topological polar surface area (TPSA) is 93.0 Å². The lowest BCUT2D eigenvalue weighted by atomic mass is 10.0. The van der Waals surface area contributed by atoms with Crippen molar-refractivity contribution in [2.75, 3.05) is 7.05 Å². The van der Waals surface area contributed by atoms with Crippen LogP contribution >= 0.6 is 0 Å². The van der Waals surface area contributed by atoms with Crippen molar-refractivity contribution >= 4 is 11.8 Å². The van der Waals surface area contributed by atoms with Crippen LogP contribution in [0, 0.1) is 6.92 Å². The Balaban J connectivity index is 1.90. The number of alkyl halides is 6. The minimum absolute atomic E-state index is 0.0414. The second kappa shape index (κ2) is 10.4. The predicted octanol–water partition coefficient (Wildman–Crippen LogP) is 4.98. The molecule has 3 rings (SSSR count). The molecular weight excluding hydrogens is 518 g/mol. The SMILES string of the molecule is Cc1nc([C@H](C)NC(=O)c2cc(C(F)(F)F)cc(C(F)(F)F)c2)n(-c2ccc(C(=O)N(C)C(C)C)cn2)n1. The Hall–Kier alpha value is -3.97. The average molecular weight is 542 g/mol. The summed E-state index contributed by atoms with van der Waals surface area (Å²) in [6.07, 6.45) is -8.85. The van der Waals surface area contributed by atoms with Crippen LogP contribution in [0.1, 0.15) is 70.3 Å². The summed E-state index contributed by atoms with van der Waals surface area (Å²) in [4.78, 5) is 35.2. The maximum atomic E-state index is 13.2. The van der Waals surface area contributed by atoms with Gasteiger partial charge in [0.15, 0.2) is 11.6 Å². The Bertz CT molecular complexity index is 1300. The van der Waals surface area contributed by atoms with Crippen LogP contribution in [-0.4, -0.2) is 49.6 Å². The van der Waals surface area contributed by atoms with Crippen molar-refractivity contribution in [1.82, 2.24) is 30.0 Å². The van der Waals surface area contributed by atoms with E-state index >= 15 is 0 Å². The highest BCUT2D eigenvalue weighted by Gasteiger charge is 2.37. The third kappa shape index (κ3) is 6.29. The van der Waals surface area contributed by atoms with Gasteiger partial charge in [0.25, 0.3) is 11.8 Å². The van der Waals surface area contributed by atoms with Crippen LogP contribution in [0.2, 0.25) is 0 Å². The fourth-order valence-electron chi connectivity index (χ4n) is 3.39. The fourth-order valence-corrected chi connectivity index (χ4v) is 3.39. The predicted molar refractivity (Wildman–Crippen MR) is 123 cm³/mol. The molecule has 0 spiro atoms. The number of amides is 2. The molecule has 0 radical (unpaired) electrons. The molecule has 1 atom stereocenters. The molecule has 2 amide bonds.